The van der Waals surface area contributed by atoms with Crippen LogP contribution in [-0.4, -0.2) is 9.82 Å². The van der Waals surface area contributed by atoms with Crippen LogP contribution >= 0.6 is 11.8 Å². The van der Waals surface area contributed by atoms with E-state index in [0.29, 0.717) is 5.25 Å². The van der Waals surface area contributed by atoms with E-state index < -0.39 is 0 Å². The Bertz CT molecular complexity index is 566. The molecule has 0 bridgehead atoms. The number of thioether (sulfide) groups is 1. The summed E-state index contributed by atoms with van der Waals surface area (Å²) in [5, 5.41) is 0.479. The van der Waals surface area contributed by atoms with Gasteiger partial charge in [0.2, 0.25) is 0 Å². The van der Waals surface area contributed by atoms with Gasteiger partial charge in [-0.2, -0.15) is 0 Å². The number of pyridine rings is 1. The molecule has 0 amide bonds. The molecule has 1 atom stereocenters. The van der Waals surface area contributed by atoms with Crippen molar-refractivity contribution in [3.8, 4) is 0 Å². The predicted octanol–water partition coefficient (Wildman–Crippen LogP) is 2.57. The summed E-state index contributed by atoms with van der Waals surface area (Å²) in [6.07, 6.45) is 2.92. The van der Waals surface area contributed by atoms with E-state index in [4.69, 9.17) is 0 Å². The summed E-state index contributed by atoms with van der Waals surface area (Å²) < 4.78 is 1.80. The minimum absolute atomic E-state index is 0.0871. The van der Waals surface area contributed by atoms with E-state index in [1.807, 2.05) is 24.0 Å². The molecule has 2 aromatic rings. The van der Waals surface area contributed by atoms with E-state index in [0.717, 1.165) is 13.0 Å². The molecule has 0 N–H and O–H groups in total. The maximum atomic E-state index is 11.6. The van der Waals surface area contributed by atoms with Gasteiger partial charge in [-0.3, -0.25) is 4.79 Å². The van der Waals surface area contributed by atoms with Gasteiger partial charge in [0.15, 0.2) is 0 Å². The van der Waals surface area contributed by atoms with Crippen LogP contribution in [0.15, 0.2) is 58.4 Å². The highest BCUT2D eigenvalue weighted by molar-refractivity contribution is 8.00. The summed E-state index contributed by atoms with van der Waals surface area (Å²) in [7, 11) is 0. The lowest BCUT2D eigenvalue weighted by atomic mass is 10.1. The van der Waals surface area contributed by atoms with Gasteiger partial charge in [0.05, 0.1) is 0 Å². The molecule has 0 saturated carbocycles. The summed E-state index contributed by atoms with van der Waals surface area (Å²) in [6, 6.07) is 13.8. The van der Waals surface area contributed by atoms with Crippen LogP contribution in [0, 0.1) is 0 Å². The van der Waals surface area contributed by atoms with Crippen molar-refractivity contribution in [2.24, 2.45) is 0 Å². The lowest BCUT2D eigenvalue weighted by molar-refractivity contribution is 0.642. The van der Waals surface area contributed by atoms with Gasteiger partial charge in [0.1, 0.15) is 0 Å². The maximum absolute atomic E-state index is 11.6. The maximum Gasteiger partial charge on any atom is 0.250 e. The zero-order valence-corrected chi connectivity index (χ0v) is 10.2. The Morgan fingerprint density at radius 3 is 2.82 bits per heavy atom. The third-order valence-corrected chi connectivity index (χ3v) is 4.31. The van der Waals surface area contributed by atoms with Gasteiger partial charge < -0.3 is 4.57 Å². The fourth-order valence-corrected chi connectivity index (χ4v) is 3.50. The number of nitrogens with zero attached hydrogens (tertiary/aromatic N) is 1. The lowest BCUT2D eigenvalue weighted by Crippen LogP contribution is -2.23. The summed E-state index contributed by atoms with van der Waals surface area (Å²) in [5.74, 6) is 0. The fourth-order valence-electron chi connectivity index (χ4n) is 2.19. The van der Waals surface area contributed by atoms with Crippen molar-refractivity contribution in [1.82, 2.24) is 4.57 Å². The van der Waals surface area contributed by atoms with Gasteiger partial charge >= 0.3 is 0 Å². The first kappa shape index (κ1) is 10.7. The van der Waals surface area contributed by atoms with Crippen molar-refractivity contribution in [2.45, 2.75) is 23.1 Å². The van der Waals surface area contributed by atoms with Crippen molar-refractivity contribution < 1.29 is 0 Å². The highest BCUT2D eigenvalue weighted by Gasteiger charge is 2.21. The standard InChI is InChI=1S/C14H13NOS/c16-14-7-3-4-8-15(14)10-12-9-11-5-1-2-6-13(11)17-12/h1-8,12H,9-10H2. The van der Waals surface area contributed by atoms with E-state index in [1.165, 1.54) is 10.5 Å². The number of benzene rings is 1. The molecule has 0 fully saturated rings. The van der Waals surface area contributed by atoms with Crippen LogP contribution in [0.4, 0.5) is 0 Å². The van der Waals surface area contributed by atoms with Crippen LogP contribution < -0.4 is 5.56 Å². The molecule has 0 radical (unpaired) electrons. The largest absolute Gasteiger partial charge is 0.314 e. The van der Waals surface area contributed by atoms with E-state index >= 15 is 0 Å². The van der Waals surface area contributed by atoms with Gasteiger partial charge in [0, 0.05) is 29.0 Å². The van der Waals surface area contributed by atoms with Crippen LogP contribution in [-0.2, 0) is 13.0 Å². The number of rotatable bonds is 2. The van der Waals surface area contributed by atoms with Crippen LogP contribution in [0.5, 0.6) is 0 Å². The van der Waals surface area contributed by atoms with Crippen molar-refractivity contribution >= 4 is 11.8 Å². The Hall–Kier alpha value is -1.48. The average molecular weight is 243 g/mol. The van der Waals surface area contributed by atoms with Crippen molar-refractivity contribution in [3.05, 3.63) is 64.6 Å². The smallest absolute Gasteiger partial charge is 0.250 e. The Morgan fingerprint density at radius 1 is 1.18 bits per heavy atom. The average Bonchev–Trinajstić information content (AvgIpc) is 2.74. The Kier molecular flexibility index (Phi) is 2.77. The first-order chi connectivity index (χ1) is 8.33. The van der Waals surface area contributed by atoms with E-state index in [9.17, 15) is 4.79 Å². The second-order valence-corrected chi connectivity index (χ2v) is 5.59. The van der Waals surface area contributed by atoms with Crippen LogP contribution in [0.2, 0.25) is 0 Å². The molecule has 1 aromatic carbocycles. The molecule has 0 saturated heterocycles. The molecule has 1 unspecified atom stereocenters. The Labute approximate surface area is 104 Å². The van der Waals surface area contributed by atoms with Gasteiger partial charge in [-0.1, -0.05) is 24.3 Å². The number of fused-ring (bicyclic) bond motifs is 1. The van der Waals surface area contributed by atoms with Crippen LogP contribution in [0.25, 0.3) is 0 Å². The fraction of sp³-hybridized carbons (Fsp3) is 0.214. The third kappa shape index (κ3) is 2.15. The third-order valence-electron chi connectivity index (χ3n) is 3.01. The topological polar surface area (TPSA) is 22.0 Å². The number of aromatic nitrogens is 1. The summed E-state index contributed by atoms with van der Waals surface area (Å²) in [5.41, 5.74) is 1.50. The summed E-state index contributed by atoms with van der Waals surface area (Å²) in [4.78, 5) is 13.0. The molecule has 17 heavy (non-hydrogen) atoms. The molecule has 2 heterocycles. The molecule has 2 nitrogen and oxygen atoms in total. The quantitative estimate of drug-likeness (QED) is 0.808. The summed E-state index contributed by atoms with van der Waals surface area (Å²) >= 11 is 1.88. The minimum atomic E-state index is 0.0871. The van der Waals surface area contributed by atoms with Gasteiger partial charge in [0.25, 0.3) is 5.56 Å². The molecular weight excluding hydrogens is 230 g/mol. The van der Waals surface area contributed by atoms with Crippen molar-refractivity contribution in [3.63, 3.8) is 0 Å². The van der Waals surface area contributed by atoms with Gasteiger partial charge in [-0.25, -0.2) is 0 Å². The lowest BCUT2D eigenvalue weighted by Gasteiger charge is -2.10. The van der Waals surface area contributed by atoms with Crippen molar-refractivity contribution in [2.75, 3.05) is 0 Å². The molecule has 0 spiro atoms. The number of hydrogen-bond donors (Lipinski definition) is 0. The molecule has 3 heteroatoms. The first-order valence-corrected chi connectivity index (χ1v) is 6.61. The van der Waals surface area contributed by atoms with Crippen LogP contribution in [0.3, 0.4) is 0 Å². The molecule has 1 aromatic heterocycles. The van der Waals surface area contributed by atoms with E-state index in [2.05, 4.69) is 24.3 Å². The normalized spacial score (nSPS) is 18.0. The summed E-state index contributed by atoms with van der Waals surface area (Å²) in [6.45, 7) is 0.791. The minimum Gasteiger partial charge on any atom is -0.314 e. The Morgan fingerprint density at radius 2 is 2.00 bits per heavy atom. The predicted molar refractivity (Wildman–Crippen MR) is 70.5 cm³/mol. The molecule has 86 valence electrons. The number of hydrogen-bond acceptors (Lipinski definition) is 2. The second-order valence-electron chi connectivity index (χ2n) is 4.24. The highest BCUT2D eigenvalue weighted by atomic mass is 32.2. The highest BCUT2D eigenvalue weighted by Crippen LogP contribution is 2.37. The van der Waals surface area contributed by atoms with E-state index in [1.54, 1.807) is 16.7 Å². The van der Waals surface area contributed by atoms with Gasteiger partial charge in [-0.15, -0.1) is 11.8 Å². The molecule has 0 aliphatic carbocycles. The SMILES string of the molecule is O=c1ccccn1CC1Cc2ccccc2S1. The van der Waals surface area contributed by atoms with Crippen LogP contribution in [0.1, 0.15) is 5.56 Å². The zero-order chi connectivity index (χ0) is 11.7. The van der Waals surface area contributed by atoms with Gasteiger partial charge in [-0.05, 0) is 24.1 Å². The van der Waals surface area contributed by atoms with E-state index in [-0.39, 0.29) is 5.56 Å². The van der Waals surface area contributed by atoms with Crippen molar-refractivity contribution in [1.29, 1.82) is 0 Å². The Balaban J connectivity index is 1.78. The second kappa shape index (κ2) is 4.41. The molecule has 1 aliphatic rings. The first-order valence-electron chi connectivity index (χ1n) is 5.73. The zero-order valence-electron chi connectivity index (χ0n) is 9.37. The monoisotopic (exact) mass is 243 g/mol. The molecular formula is C14H13NOS. The molecule has 1 aliphatic heterocycles. The molecule has 3 rings (SSSR count).